The number of rotatable bonds is 10. The molecule has 0 spiro atoms. The lowest BCUT2D eigenvalue weighted by atomic mass is 9.92. The van der Waals surface area contributed by atoms with Gasteiger partial charge in [-0.1, -0.05) is 48.1 Å². The van der Waals surface area contributed by atoms with Crippen molar-refractivity contribution in [3.63, 3.8) is 0 Å². The summed E-state index contributed by atoms with van der Waals surface area (Å²) in [6.45, 7) is 23.8. The summed E-state index contributed by atoms with van der Waals surface area (Å²) in [5, 5.41) is 3.45. The Morgan fingerprint density at radius 1 is 1.05 bits per heavy atom. The molecule has 1 N–H and O–H groups in total. The van der Waals surface area contributed by atoms with Gasteiger partial charge in [0.1, 0.15) is 0 Å². The molecule has 0 saturated heterocycles. The zero-order valence-corrected chi connectivity index (χ0v) is 16.1. The van der Waals surface area contributed by atoms with E-state index in [9.17, 15) is 0 Å². The van der Waals surface area contributed by atoms with Gasteiger partial charge in [-0.2, -0.15) is 0 Å². The fourth-order valence-electron chi connectivity index (χ4n) is 2.49. The molecular formula is C17H33NS2. The maximum atomic E-state index is 3.96. The average Bonchev–Trinajstić information content (AvgIpc) is 2.24. The number of hydrogen-bond donors (Lipinski definition) is 1. The first kappa shape index (κ1) is 20.0. The van der Waals surface area contributed by atoms with Crippen molar-refractivity contribution in [2.75, 3.05) is 0 Å². The van der Waals surface area contributed by atoms with Crippen molar-refractivity contribution in [1.82, 2.24) is 5.32 Å². The van der Waals surface area contributed by atoms with Crippen molar-refractivity contribution in [1.29, 1.82) is 0 Å². The van der Waals surface area contributed by atoms with Crippen LogP contribution < -0.4 is 5.32 Å². The third kappa shape index (κ3) is 9.02. The van der Waals surface area contributed by atoms with Crippen LogP contribution in [0.4, 0.5) is 0 Å². The molecule has 20 heavy (non-hydrogen) atoms. The highest BCUT2D eigenvalue weighted by Crippen LogP contribution is 2.48. The van der Waals surface area contributed by atoms with Crippen LogP contribution in [-0.2, 0) is 0 Å². The van der Waals surface area contributed by atoms with Crippen LogP contribution >= 0.6 is 21.6 Å². The van der Waals surface area contributed by atoms with Crippen LogP contribution in [0.3, 0.4) is 0 Å². The van der Waals surface area contributed by atoms with E-state index >= 15 is 0 Å². The van der Waals surface area contributed by atoms with Crippen LogP contribution in [0.1, 0.15) is 67.7 Å². The standard InChI is InChI=1S/C17H33NS2/c1-10-12-16(6,7)19-20-17(8,9)13-15(4,5)18-14(3)11-2/h11,18H,2-3,10,12-13H2,1,4-9H3. The van der Waals surface area contributed by atoms with Crippen molar-refractivity contribution in [3.8, 4) is 0 Å². The van der Waals surface area contributed by atoms with Gasteiger partial charge in [0.25, 0.3) is 0 Å². The van der Waals surface area contributed by atoms with Gasteiger partial charge in [0.2, 0.25) is 0 Å². The molecule has 0 rings (SSSR count). The van der Waals surface area contributed by atoms with E-state index in [0.29, 0.717) is 4.75 Å². The summed E-state index contributed by atoms with van der Waals surface area (Å²) in [6.07, 6.45) is 5.36. The topological polar surface area (TPSA) is 12.0 Å². The molecule has 0 radical (unpaired) electrons. The van der Waals surface area contributed by atoms with Crippen LogP contribution in [0.5, 0.6) is 0 Å². The Balaban J connectivity index is 4.50. The lowest BCUT2D eigenvalue weighted by molar-refractivity contribution is 0.366. The molecule has 0 saturated carbocycles. The molecule has 0 aromatic rings. The highest BCUT2D eigenvalue weighted by atomic mass is 33.1. The predicted octanol–water partition coefficient (Wildman–Crippen LogP) is 6.18. The molecule has 0 aliphatic heterocycles. The molecular weight excluding hydrogens is 282 g/mol. The van der Waals surface area contributed by atoms with Crippen LogP contribution in [0, 0.1) is 0 Å². The Hall–Kier alpha value is -0.0200. The van der Waals surface area contributed by atoms with E-state index in [2.05, 4.69) is 66.9 Å². The molecule has 0 aliphatic rings. The summed E-state index contributed by atoms with van der Waals surface area (Å²) in [5.74, 6) is 0. The lowest BCUT2D eigenvalue weighted by Crippen LogP contribution is -2.42. The second-order valence-electron chi connectivity index (χ2n) is 7.35. The summed E-state index contributed by atoms with van der Waals surface area (Å²) in [7, 11) is 4.03. The molecule has 0 heterocycles. The van der Waals surface area contributed by atoms with E-state index in [4.69, 9.17) is 0 Å². The van der Waals surface area contributed by atoms with Gasteiger partial charge in [0.15, 0.2) is 0 Å². The monoisotopic (exact) mass is 315 g/mol. The molecule has 0 aromatic carbocycles. The molecule has 0 atom stereocenters. The second kappa shape index (κ2) is 7.84. The van der Waals surface area contributed by atoms with Crippen molar-refractivity contribution in [2.45, 2.75) is 82.8 Å². The van der Waals surface area contributed by atoms with Gasteiger partial charge in [-0.3, -0.25) is 0 Å². The molecule has 0 fully saturated rings. The van der Waals surface area contributed by atoms with E-state index in [1.54, 1.807) is 6.08 Å². The molecule has 0 amide bonds. The fraction of sp³-hybridized carbons (Fsp3) is 0.765. The van der Waals surface area contributed by atoms with Crippen molar-refractivity contribution in [3.05, 3.63) is 24.9 Å². The van der Waals surface area contributed by atoms with E-state index in [1.165, 1.54) is 12.8 Å². The van der Waals surface area contributed by atoms with Gasteiger partial charge >= 0.3 is 0 Å². The van der Waals surface area contributed by atoms with E-state index in [-0.39, 0.29) is 10.3 Å². The third-order valence-electron chi connectivity index (χ3n) is 2.96. The molecule has 118 valence electrons. The first-order chi connectivity index (χ1) is 8.93. The Labute approximate surface area is 134 Å². The molecule has 0 aromatic heterocycles. The van der Waals surface area contributed by atoms with Crippen LogP contribution in [0.25, 0.3) is 0 Å². The summed E-state index contributed by atoms with van der Waals surface area (Å²) < 4.78 is 0.562. The normalized spacial score (nSPS) is 13.2. The lowest BCUT2D eigenvalue weighted by Gasteiger charge is -2.37. The van der Waals surface area contributed by atoms with Gasteiger partial charge < -0.3 is 5.32 Å². The molecule has 0 unspecified atom stereocenters. The van der Waals surface area contributed by atoms with Crippen LogP contribution in [0.15, 0.2) is 24.9 Å². The minimum absolute atomic E-state index is 0.0250. The van der Waals surface area contributed by atoms with Gasteiger partial charge in [-0.15, -0.1) is 0 Å². The van der Waals surface area contributed by atoms with E-state index < -0.39 is 0 Å². The Morgan fingerprint density at radius 3 is 2.00 bits per heavy atom. The Morgan fingerprint density at radius 2 is 1.55 bits per heavy atom. The molecule has 0 aliphatic carbocycles. The zero-order chi connectivity index (χ0) is 16.0. The number of nitrogens with one attached hydrogen (secondary N) is 1. The Kier molecular flexibility index (Phi) is 7.83. The van der Waals surface area contributed by atoms with Crippen LogP contribution in [-0.4, -0.2) is 15.0 Å². The summed E-state index contributed by atoms with van der Waals surface area (Å²) in [6, 6.07) is 0. The first-order valence-electron chi connectivity index (χ1n) is 7.39. The van der Waals surface area contributed by atoms with E-state index in [1.807, 2.05) is 21.6 Å². The quantitative estimate of drug-likeness (QED) is 0.382. The fourth-order valence-corrected chi connectivity index (χ4v) is 5.43. The van der Waals surface area contributed by atoms with Gasteiger partial charge in [0, 0.05) is 20.7 Å². The minimum Gasteiger partial charge on any atom is -0.381 e. The summed E-state index contributed by atoms with van der Waals surface area (Å²) >= 11 is 0. The third-order valence-corrected chi connectivity index (χ3v) is 7.25. The molecule has 1 nitrogen and oxygen atoms in total. The molecule has 3 heteroatoms. The second-order valence-corrected chi connectivity index (χ2v) is 10.9. The maximum Gasteiger partial charge on any atom is 0.0330 e. The van der Waals surface area contributed by atoms with Crippen molar-refractivity contribution < 1.29 is 0 Å². The Bertz CT molecular complexity index is 330. The minimum atomic E-state index is 0.0250. The smallest absolute Gasteiger partial charge is 0.0330 e. The predicted molar refractivity (Wildman–Crippen MR) is 99.4 cm³/mol. The van der Waals surface area contributed by atoms with Crippen molar-refractivity contribution in [2.24, 2.45) is 0 Å². The molecule has 0 bridgehead atoms. The van der Waals surface area contributed by atoms with E-state index in [0.717, 1.165) is 12.1 Å². The number of hydrogen-bond acceptors (Lipinski definition) is 3. The largest absolute Gasteiger partial charge is 0.381 e. The highest BCUT2D eigenvalue weighted by molar-refractivity contribution is 8.77. The van der Waals surface area contributed by atoms with Crippen LogP contribution in [0.2, 0.25) is 0 Å². The zero-order valence-electron chi connectivity index (χ0n) is 14.4. The summed E-state index contributed by atoms with van der Waals surface area (Å²) in [4.78, 5) is 0. The SMILES string of the molecule is C=CC(=C)NC(C)(C)CC(C)(C)SSC(C)(C)CCC. The average molecular weight is 316 g/mol. The van der Waals surface area contributed by atoms with Crippen molar-refractivity contribution >= 4 is 21.6 Å². The maximum absolute atomic E-state index is 3.96. The van der Waals surface area contributed by atoms with Gasteiger partial charge in [-0.25, -0.2) is 0 Å². The first-order valence-corrected chi connectivity index (χ1v) is 9.54. The summed E-state index contributed by atoms with van der Waals surface area (Å²) in [5.41, 5.74) is 0.923. The van der Waals surface area contributed by atoms with Gasteiger partial charge in [-0.05, 0) is 60.5 Å². The highest BCUT2D eigenvalue weighted by Gasteiger charge is 2.31. The van der Waals surface area contributed by atoms with Gasteiger partial charge in [0.05, 0.1) is 0 Å². The number of allylic oxidation sites excluding steroid dienone is 1.